The molecule has 6 heteroatoms. The summed E-state index contributed by atoms with van der Waals surface area (Å²) >= 11 is 0. The third kappa shape index (κ3) is 3.74. The van der Waals surface area contributed by atoms with Gasteiger partial charge in [0.1, 0.15) is 5.82 Å². The number of hydrogen-bond donors (Lipinski definition) is 0. The first-order valence-corrected chi connectivity index (χ1v) is 6.98. The van der Waals surface area contributed by atoms with Gasteiger partial charge in [0, 0.05) is 31.7 Å². The van der Waals surface area contributed by atoms with Crippen molar-refractivity contribution >= 4 is 0 Å². The van der Waals surface area contributed by atoms with Crippen LogP contribution >= 0.6 is 0 Å². The quantitative estimate of drug-likeness (QED) is 0.773. The molecule has 2 nitrogen and oxygen atoms in total. The van der Waals surface area contributed by atoms with Crippen LogP contribution < -0.4 is 0 Å². The highest BCUT2D eigenvalue weighted by Gasteiger charge is 2.34. The maximum Gasteiger partial charge on any atom is 0.419 e. The largest absolute Gasteiger partial charge is 0.419 e. The lowest BCUT2D eigenvalue weighted by molar-refractivity contribution is -0.140. The summed E-state index contributed by atoms with van der Waals surface area (Å²) in [6, 6.07) is 3.92. The molecule has 1 aliphatic heterocycles. The van der Waals surface area contributed by atoms with E-state index in [9.17, 15) is 17.6 Å². The Morgan fingerprint density at radius 3 is 2.19 bits per heavy atom. The van der Waals surface area contributed by atoms with Gasteiger partial charge in [-0.3, -0.25) is 9.80 Å². The van der Waals surface area contributed by atoms with E-state index in [-0.39, 0.29) is 0 Å². The molecule has 2 atom stereocenters. The molecule has 2 rings (SSSR count). The molecule has 1 heterocycles. The Kier molecular flexibility index (Phi) is 4.58. The summed E-state index contributed by atoms with van der Waals surface area (Å²) < 4.78 is 51.2. The molecule has 1 saturated heterocycles. The Bertz CT molecular complexity index is 489. The lowest BCUT2D eigenvalue weighted by Gasteiger charge is -2.42. The zero-order valence-electron chi connectivity index (χ0n) is 12.4. The number of piperazine rings is 1. The minimum Gasteiger partial charge on any atom is -0.298 e. The summed E-state index contributed by atoms with van der Waals surface area (Å²) in [6.45, 7) is 6.33. The van der Waals surface area contributed by atoms with Crippen LogP contribution in [0.2, 0.25) is 0 Å². The van der Waals surface area contributed by atoms with Crippen molar-refractivity contribution in [2.45, 2.75) is 38.7 Å². The molecule has 118 valence electrons. The zero-order chi connectivity index (χ0) is 15.8. The van der Waals surface area contributed by atoms with E-state index in [1.807, 2.05) is 0 Å². The average molecular weight is 304 g/mol. The highest BCUT2D eigenvalue weighted by molar-refractivity contribution is 5.26. The number of nitrogens with zero attached hydrogens (tertiary/aromatic N) is 2. The van der Waals surface area contributed by atoms with E-state index in [2.05, 4.69) is 30.7 Å². The number of halogens is 4. The predicted octanol–water partition coefficient (Wildman–Crippen LogP) is 3.37. The van der Waals surface area contributed by atoms with Gasteiger partial charge in [0.2, 0.25) is 0 Å². The zero-order valence-corrected chi connectivity index (χ0v) is 12.4. The van der Waals surface area contributed by atoms with Crippen molar-refractivity contribution in [1.82, 2.24) is 9.80 Å². The molecule has 1 aliphatic rings. The Morgan fingerprint density at radius 1 is 1.14 bits per heavy atom. The fourth-order valence-corrected chi connectivity index (χ4v) is 2.79. The minimum absolute atomic E-state index is 0.369. The van der Waals surface area contributed by atoms with E-state index < -0.39 is 17.6 Å². The van der Waals surface area contributed by atoms with E-state index in [1.54, 1.807) is 0 Å². The molecule has 0 saturated carbocycles. The Labute approximate surface area is 122 Å². The first-order chi connectivity index (χ1) is 9.68. The van der Waals surface area contributed by atoms with Gasteiger partial charge < -0.3 is 0 Å². The summed E-state index contributed by atoms with van der Waals surface area (Å²) in [4.78, 5) is 4.42. The van der Waals surface area contributed by atoms with Crippen molar-refractivity contribution in [3.05, 3.63) is 35.1 Å². The Balaban J connectivity index is 2.09. The lowest BCUT2D eigenvalue weighted by Crippen LogP contribution is -2.54. The van der Waals surface area contributed by atoms with Gasteiger partial charge in [-0.2, -0.15) is 13.2 Å². The van der Waals surface area contributed by atoms with Crippen LogP contribution in [0, 0.1) is 5.82 Å². The SMILES string of the molecule is C[C@@H]1CN(Cc2ccc(C(F)(F)F)c(F)c2)C[C@H](C)N1C. The predicted molar refractivity (Wildman–Crippen MR) is 73.4 cm³/mol. The number of rotatable bonds is 2. The van der Waals surface area contributed by atoms with Crippen LogP contribution in [0.3, 0.4) is 0 Å². The molecule has 0 N–H and O–H groups in total. The second-order valence-corrected chi connectivity index (χ2v) is 5.87. The molecule has 1 aromatic rings. The van der Waals surface area contributed by atoms with Gasteiger partial charge in [-0.05, 0) is 38.6 Å². The molecule has 1 fully saturated rings. The average Bonchev–Trinajstić information content (AvgIpc) is 2.34. The topological polar surface area (TPSA) is 6.48 Å². The summed E-state index contributed by atoms with van der Waals surface area (Å²) in [5.74, 6) is -1.20. The molecule has 0 spiro atoms. The molecule has 1 aromatic carbocycles. The monoisotopic (exact) mass is 304 g/mol. The summed E-state index contributed by atoms with van der Waals surface area (Å²) in [5, 5.41) is 0. The second kappa shape index (κ2) is 5.93. The van der Waals surface area contributed by atoms with Crippen molar-refractivity contribution in [3.63, 3.8) is 0 Å². The molecule has 0 bridgehead atoms. The molecule has 0 aromatic heterocycles. The van der Waals surface area contributed by atoms with Gasteiger partial charge in [0.15, 0.2) is 0 Å². The van der Waals surface area contributed by atoms with Crippen LogP contribution in [0.25, 0.3) is 0 Å². The molecular formula is C15H20F4N2. The Hall–Kier alpha value is -1.14. The van der Waals surface area contributed by atoms with E-state index in [0.29, 0.717) is 24.2 Å². The summed E-state index contributed by atoms with van der Waals surface area (Å²) in [7, 11) is 2.06. The van der Waals surface area contributed by atoms with Crippen molar-refractivity contribution in [3.8, 4) is 0 Å². The molecule has 0 aliphatic carbocycles. The first kappa shape index (κ1) is 16.2. The van der Waals surface area contributed by atoms with E-state index >= 15 is 0 Å². The van der Waals surface area contributed by atoms with Crippen molar-refractivity contribution < 1.29 is 17.6 Å². The van der Waals surface area contributed by atoms with Crippen LogP contribution in [0.15, 0.2) is 18.2 Å². The fourth-order valence-electron chi connectivity index (χ4n) is 2.79. The number of benzene rings is 1. The normalized spacial score (nSPS) is 25.3. The van der Waals surface area contributed by atoms with Crippen molar-refractivity contribution in [2.75, 3.05) is 20.1 Å². The van der Waals surface area contributed by atoms with E-state index in [1.165, 1.54) is 6.07 Å². The second-order valence-electron chi connectivity index (χ2n) is 5.87. The highest BCUT2D eigenvalue weighted by Crippen LogP contribution is 2.31. The van der Waals surface area contributed by atoms with Crippen LogP contribution in [-0.4, -0.2) is 42.0 Å². The molecule has 21 heavy (non-hydrogen) atoms. The highest BCUT2D eigenvalue weighted by atomic mass is 19.4. The molecule has 0 radical (unpaired) electrons. The van der Waals surface area contributed by atoms with Gasteiger partial charge in [-0.1, -0.05) is 6.07 Å². The molecule has 0 unspecified atom stereocenters. The standard InChI is InChI=1S/C15H20F4N2/c1-10-7-21(8-11(2)20(10)3)9-12-4-5-13(14(16)6-12)15(17,18)19/h4-6,10-11H,7-9H2,1-3H3/t10-,11+. The van der Waals surface area contributed by atoms with Gasteiger partial charge in [-0.15, -0.1) is 0 Å². The smallest absolute Gasteiger partial charge is 0.298 e. The van der Waals surface area contributed by atoms with E-state index in [4.69, 9.17) is 0 Å². The van der Waals surface area contributed by atoms with E-state index in [0.717, 1.165) is 25.2 Å². The van der Waals surface area contributed by atoms with Crippen molar-refractivity contribution in [2.24, 2.45) is 0 Å². The summed E-state index contributed by atoms with van der Waals surface area (Å²) in [5.41, 5.74) is -0.629. The van der Waals surface area contributed by atoms with Gasteiger partial charge in [0.25, 0.3) is 0 Å². The third-order valence-electron chi connectivity index (χ3n) is 4.18. The third-order valence-corrected chi connectivity index (χ3v) is 4.18. The van der Waals surface area contributed by atoms with Gasteiger partial charge in [-0.25, -0.2) is 4.39 Å². The minimum atomic E-state index is -4.64. The van der Waals surface area contributed by atoms with Crippen LogP contribution in [0.4, 0.5) is 17.6 Å². The number of alkyl halides is 3. The number of hydrogen-bond acceptors (Lipinski definition) is 2. The lowest BCUT2D eigenvalue weighted by atomic mass is 10.1. The first-order valence-electron chi connectivity index (χ1n) is 6.98. The van der Waals surface area contributed by atoms with Crippen LogP contribution in [0.1, 0.15) is 25.0 Å². The Morgan fingerprint density at radius 2 is 1.71 bits per heavy atom. The maximum atomic E-state index is 13.6. The summed E-state index contributed by atoms with van der Waals surface area (Å²) in [6.07, 6.45) is -4.64. The molecule has 0 amide bonds. The fraction of sp³-hybridized carbons (Fsp3) is 0.600. The number of likely N-dealkylation sites (N-methyl/N-ethyl adjacent to an activating group) is 1. The van der Waals surface area contributed by atoms with Gasteiger partial charge >= 0.3 is 6.18 Å². The molecular weight excluding hydrogens is 284 g/mol. The van der Waals surface area contributed by atoms with Gasteiger partial charge in [0.05, 0.1) is 5.56 Å². The van der Waals surface area contributed by atoms with Crippen LogP contribution in [-0.2, 0) is 12.7 Å². The maximum absolute atomic E-state index is 13.6. The van der Waals surface area contributed by atoms with Crippen LogP contribution in [0.5, 0.6) is 0 Å². The van der Waals surface area contributed by atoms with Crippen molar-refractivity contribution in [1.29, 1.82) is 0 Å².